The molecule has 0 unspecified atom stereocenters. The number of aryl methyl sites for hydroxylation is 1. The van der Waals surface area contributed by atoms with Crippen LogP contribution in [0.5, 0.6) is 0 Å². The zero-order valence-corrected chi connectivity index (χ0v) is 16.5. The number of nitrogens with one attached hydrogen (secondary N) is 1. The second-order valence-corrected chi connectivity index (χ2v) is 8.93. The highest BCUT2D eigenvalue weighted by Crippen LogP contribution is 2.36. The second kappa shape index (κ2) is 7.26. The normalized spacial score (nSPS) is 11.5. The molecule has 0 bridgehead atoms. The molecule has 3 aromatic rings. The van der Waals surface area contributed by atoms with Gasteiger partial charge in [-0.15, -0.1) is 11.3 Å². The Morgan fingerprint density at radius 1 is 1.23 bits per heavy atom. The molecule has 0 aliphatic rings. The number of carbonyl (C=O) groups excluding carboxylic acids is 1. The lowest BCUT2D eigenvalue weighted by Crippen LogP contribution is -2.13. The number of hydrogen-bond donors (Lipinski definition) is 1. The predicted octanol–water partition coefficient (Wildman–Crippen LogP) is 4.84. The number of halogens is 1. The smallest absolute Gasteiger partial charge is 0.338 e. The summed E-state index contributed by atoms with van der Waals surface area (Å²) in [5.41, 5.74) is 1.22. The van der Waals surface area contributed by atoms with Crippen LogP contribution in [0.1, 0.15) is 22.8 Å². The third-order valence-electron chi connectivity index (χ3n) is 3.72. The Hall–Kier alpha value is -2.09. The molecular formula is C18H16ClNO4S2. The molecular weight excluding hydrogens is 394 g/mol. The van der Waals surface area contributed by atoms with Crippen molar-refractivity contribution in [3.05, 3.63) is 58.6 Å². The lowest BCUT2D eigenvalue weighted by Gasteiger charge is -2.09. The van der Waals surface area contributed by atoms with Crippen molar-refractivity contribution < 1.29 is 17.9 Å². The molecule has 0 radical (unpaired) electrons. The van der Waals surface area contributed by atoms with Crippen molar-refractivity contribution in [2.45, 2.75) is 18.1 Å². The maximum absolute atomic E-state index is 12.8. The highest BCUT2D eigenvalue weighted by Gasteiger charge is 2.22. The van der Waals surface area contributed by atoms with Crippen LogP contribution in [0, 0.1) is 6.92 Å². The maximum Gasteiger partial charge on any atom is 0.338 e. The van der Waals surface area contributed by atoms with E-state index in [1.165, 1.54) is 17.4 Å². The maximum atomic E-state index is 12.8. The average Bonchev–Trinajstić information content (AvgIpc) is 2.92. The Balaban J connectivity index is 1.96. The molecule has 0 aliphatic carbocycles. The van der Waals surface area contributed by atoms with E-state index in [1.807, 2.05) is 0 Å². The second-order valence-electron chi connectivity index (χ2n) is 5.56. The summed E-state index contributed by atoms with van der Waals surface area (Å²) in [6, 6.07) is 11.5. The summed E-state index contributed by atoms with van der Waals surface area (Å²) >= 11 is 7.19. The molecule has 0 fully saturated rings. The summed E-state index contributed by atoms with van der Waals surface area (Å²) in [5.74, 6) is -0.499. The van der Waals surface area contributed by atoms with Crippen LogP contribution in [0.4, 0.5) is 5.69 Å². The Morgan fingerprint density at radius 2 is 2.00 bits per heavy atom. The van der Waals surface area contributed by atoms with Gasteiger partial charge >= 0.3 is 5.97 Å². The summed E-state index contributed by atoms with van der Waals surface area (Å²) < 4.78 is 34.2. The topological polar surface area (TPSA) is 72.5 Å². The van der Waals surface area contributed by atoms with Gasteiger partial charge in [-0.3, -0.25) is 4.72 Å². The van der Waals surface area contributed by atoms with E-state index in [4.69, 9.17) is 16.3 Å². The molecule has 3 rings (SSSR count). The first-order chi connectivity index (χ1) is 12.3. The average molecular weight is 410 g/mol. The fraction of sp³-hybridized carbons (Fsp3) is 0.167. The molecule has 26 heavy (non-hydrogen) atoms. The highest BCUT2D eigenvalue weighted by atomic mass is 35.5. The minimum Gasteiger partial charge on any atom is -0.462 e. The lowest BCUT2D eigenvalue weighted by molar-refractivity contribution is 0.0526. The molecule has 0 saturated carbocycles. The van der Waals surface area contributed by atoms with Crippen molar-refractivity contribution in [3.8, 4) is 0 Å². The zero-order valence-electron chi connectivity index (χ0n) is 14.1. The number of esters is 1. The van der Waals surface area contributed by atoms with E-state index >= 15 is 0 Å². The van der Waals surface area contributed by atoms with Gasteiger partial charge in [-0.2, -0.15) is 0 Å². The van der Waals surface area contributed by atoms with E-state index in [0.717, 1.165) is 10.1 Å². The summed E-state index contributed by atoms with van der Waals surface area (Å²) in [4.78, 5) is 11.8. The van der Waals surface area contributed by atoms with E-state index in [2.05, 4.69) is 4.72 Å². The first-order valence-corrected chi connectivity index (χ1v) is 10.5. The quantitative estimate of drug-likeness (QED) is 0.612. The van der Waals surface area contributed by atoms with Crippen molar-refractivity contribution in [1.29, 1.82) is 0 Å². The number of hydrogen-bond acceptors (Lipinski definition) is 5. The van der Waals surface area contributed by atoms with Gasteiger partial charge in [0, 0.05) is 15.4 Å². The Bertz CT molecular complexity index is 1090. The van der Waals surface area contributed by atoms with Crippen LogP contribution in [-0.2, 0) is 14.8 Å². The number of ether oxygens (including phenoxy) is 1. The number of rotatable bonds is 5. The van der Waals surface area contributed by atoms with E-state index < -0.39 is 16.0 Å². The van der Waals surface area contributed by atoms with Crippen molar-refractivity contribution in [1.82, 2.24) is 0 Å². The summed E-state index contributed by atoms with van der Waals surface area (Å²) in [6.07, 6.45) is 0. The molecule has 1 heterocycles. The fourth-order valence-electron chi connectivity index (χ4n) is 2.55. The molecule has 136 valence electrons. The predicted molar refractivity (Wildman–Crippen MR) is 105 cm³/mol. The Morgan fingerprint density at radius 3 is 2.73 bits per heavy atom. The molecule has 0 atom stereocenters. The van der Waals surface area contributed by atoms with E-state index in [1.54, 1.807) is 50.2 Å². The van der Waals surface area contributed by atoms with Crippen LogP contribution in [0.25, 0.3) is 10.1 Å². The molecule has 0 saturated heterocycles. The van der Waals surface area contributed by atoms with E-state index in [0.29, 0.717) is 16.3 Å². The zero-order chi connectivity index (χ0) is 18.9. The third-order valence-corrected chi connectivity index (χ3v) is 7.23. The molecule has 1 N–H and O–H groups in total. The largest absolute Gasteiger partial charge is 0.462 e. The van der Waals surface area contributed by atoms with Gasteiger partial charge in [0.05, 0.1) is 12.2 Å². The Kier molecular flexibility index (Phi) is 5.22. The van der Waals surface area contributed by atoms with Crippen molar-refractivity contribution in [3.63, 3.8) is 0 Å². The van der Waals surface area contributed by atoms with Gasteiger partial charge in [0.1, 0.15) is 4.21 Å². The molecule has 5 nitrogen and oxygen atoms in total. The molecule has 0 amide bonds. The first-order valence-electron chi connectivity index (χ1n) is 7.80. The van der Waals surface area contributed by atoms with Gasteiger partial charge in [0.2, 0.25) is 0 Å². The number of carbonyl (C=O) groups is 1. The minimum atomic E-state index is -3.80. The number of benzene rings is 2. The minimum absolute atomic E-state index is 0.219. The van der Waals surface area contributed by atoms with Crippen LogP contribution < -0.4 is 4.72 Å². The van der Waals surface area contributed by atoms with Gasteiger partial charge in [0.15, 0.2) is 0 Å². The van der Waals surface area contributed by atoms with Gasteiger partial charge < -0.3 is 4.74 Å². The van der Waals surface area contributed by atoms with Gasteiger partial charge in [-0.1, -0.05) is 17.7 Å². The number of sulfonamides is 1. The molecule has 0 spiro atoms. The van der Waals surface area contributed by atoms with Crippen LogP contribution in [-0.4, -0.2) is 21.0 Å². The van der Waals surface area contributed by atoms with E-state index in [9.17, 15) is 13.2 Å². The number of fused-ring (bicyclic) bond motifs is 1. The fourth-order valence-corrected chi connectivity index (χ4v) is 5.52. The summed E-state index contributed by atoms with van der Waals surface area (Å²) in [7, 11) is -3.80. The molecule has 2 aromatic carbocycles. The number of thiophene rings is 1. The molecule has 8 heteroatoms. The Labute approximate surface area is 160 Å². The third kappa shape index (κ3) is 3.70. The highest BCUT2D eigenvalue weighted by molar-refractivity contribution is 7.94. The first kappa shape index (κ1) is 18.7. The van der Waals surface area contributed by atoms with Gasteiger partial charge in [0.25, 0.3) is 10.0 Å². The van der Waals surface area contributed by atoms with Crippen molar-refractivity contribution in [2.75, 3.05) is 11.3 Å². The molecule has 0 aliphatic heterocycles. The van der Waals surface area contributed by atoms with Crippen LogP contribution in [0.3, 0.4) is 0 Å². The lowest BCUT2D eigenvalue weighted by atomic mass is 10.2. The van der Waals surface area contributed by atoms with Crippen molar-refractivity contribution >= 4 is 54.7 Å². The summed E-state index contributed by atoms with van der Waals surface area (Å²) in [6.45, 7) is 3.71. The van der Waals surface area contributed by atoms with Gasteiger partial charge in [-0.25, -0.2) is 13.2 Å². The van der Waals surface area contributed by atoms with Gasteiger partial charge in [-0.05, 0) is 61.2 Å². The summed E-state index contributed by atoms with van der Waals surface area (Å²) in [5, 5.41) is 1.36. The van der Waals surface area contributed by atoms with Crippen molar-refractivity contribution in [2.24, 2.45) is 0 Å². The van der Waals surface area contributed by atoms with Crippen LogP contribution in [0.15, 0.2) is 46.7 Å². The van der Waals surface area contributed by atoms with E-state index in [-0.39, 0.29) is 16.4 Å². The SMILES string of the molecule is CCOC(=O)c1cccc(NS(=O)(=O)c2sc3ccc(Cl)cc3c2C)c1. The number of anilines is 1. The van der Waals surface area contributed by atoms with Crippen LogP contribution >= 0.6 is 22.9 Å². The standard InChI is InChI=1S/C18H16ClNO4S2/c1-3-24-17(21)12-5-4-6-14(9-12)20-26(22,23)18-11(2)15-10-13(19)7-8-16(15)25-18/h4-10,20H,3H2,1-2H3. The monoisotopic (exact) mass is 409 g/mol. The van der Waals surface area contributed by atoms with Crippen LogP contribution in [0.2, 0.25) is 5.02 Å². The molecule has 1 aromatic heterocycles.